The van der Waals surface area contributed by atoms with Crippen molar-refractivity contribution in [2.45, 2.75) is 45.7 Å². The maximum atomic E-state index is 11.9. The van der Waals surface area contributed by atoms with Crippen molar-refractivity contribution in [3.8, 4) is 0 Å². The molecule has 0 saturated heterocycles. The van der Waals surface area contributed by atoms with Gasteiger partial charge in [0, 0.05) is 25.0 Å². The normalized spacial score (nSPS) is 13.6. The van der Waals surface area contributed by atoms with Crippen LogP contribution in [0.25, 0.3) is 0 Å². The Balaban J connectivity index is 2.28. The minimum Gasteiger partial charge on any atom is -0.369 e. The summed E-state index contributed by atoms with van der Waals surface area (Å²) in [6.07, 6.45) is 2.66. The van der Waals surface area contributed by atoms with E-state index in [0.29, 0.717) is 25.0 Å². The average Bonchev–Trinajstić information content (AvgIpc) is 2.98. The van der Waals surface area contributed by atoms with Crippen molar-refractivity contribution in [3.63, 3.8) is 0 Å². The minimum absolute atomic E-state index is 0.00889. The first-order valence-corrected chi connectivity index (χ1v) is 7.82. The van der Waals surface area contributed by atoms with E-state index in [1.54, 1.807) is 18.3 Å². The number of hydrogen-bond acceptors (Lipinski definition) is 4. The van der Waals surface area contributed by atoms with E-state index in [-0.39, 0.29) is 24.0 Å². The second-order valence-electron chi connectivity index (χ2n) is 6.05. The van der Waals surface area contributed by atoms with Crippen LogP contribution < -0.4 is 16.8 Å². The summed E-state index contributed by atoms with van der Waals surface area (Å²) < 4.78 is 0. The van der Waals surface area contributed by atoms with Crippen molar-refractivity contribution in [2.24, 2.45) is 23.3 Å². The van der Waals surface area contributed by atoms with Crippen LogP contribution in [0.5, 0.6) is 0 Å². The summed E-state index contributed by atoms with van der Waals surface area (Å²) in [7, 11) is 0. The number of Topliss-reactive ketones (excluding diaryl/α,β-unsaturated/α-hetero) is 1. The number of carbonyl (C=O) groups is 3. The van der Waals surface area contributed by atoms with E-state index in [1.807, 2.05) is 13.8 Å². The zero-order valence-electron chi connectivity index (χ0n) is 13.7. The molecule has 1 rings (SSSR count). The van der Waals surface area contributed by atoms with E-state index in [1.165, 1.54) is 0 Å². The Bertz CT molecular complexity index is 525. The van der Waals surface area contributed by atoms with Crippen molar-refractivity contribution < 1.29 is 14.4 Å². The zero-order valence-corrected chi connectivity index (χ0v) is 13.7. The lowest BCUT2D eigenvalue weighted by Crippen LogP contribution is -2.41. The van der Waals surface area contributed by atoms with Crippen molar-refractivity contribution >= 4 is 17.6 Å². The molecular weight excluding hydrogens is 296 g/mol. The Morgan fingerprint density at radius 2 is 2.00 bits per heavy atom. The number of carbonyl (C=O) groups excluding carboxylic acids is 3. The highest BCUT2D eigenvalue weighted by molar-refractivity contribution is 5.92. The molecule has 0 aromatic carbocycles. The number of aromatic amines is 1. The van der Waals surface area contributed by atoms with Crippen LogP contribution in [-0.2, 0) is 9.59 Å². The van der Waals surface area contributed by atoms with Gasteiger partial charge in [-0.15, -0.1) is 0 Å². The molecule has 2 atom stereocenters. The van der Waals surface area contributed by atoms with Crippen LogP contribution in [0.15, 0.2) is 18.3 Å². The molecule has 0 radical (unpaired) electrons. The van der Waals surface area contributed by atoms with Crippen LogP contribution in [0.2, 0.25) is 0 Å². The van der Waals surface area contributed by atoms with E-state index in [9.17, 15) is 14.4 Å². The zero-order chi connectivity index (χ0) is 17.4. The fourth-order valence-electron chi connectivity index (χ4n) is 2.32. The topological polar surface area (TPSA) is 131 Å². The molecule has 6 N–H and O–H groups in total. The van der Waals surface area contributed by atoms with E-state index in [4.69, 9.17) is 11.5 Å². The molecular formula is C16H26N4O3. The summed E-state index contributed by atoms with van der Waals surface area (Å²) in [5, 5.41) is 2.66. The number of hydrogen-bond donors (Lipinski definition) is 4. The van der Waals surface area contributed by atoms with Crippen molar-refractivity contribution in [2.75, 3.05) is 0 Å². The smallest absolute Gasteiger partial charge is 0.268 e. The predicted molar refractivity (Wildman–Crippen MR) is 87.2 cm³/mol. The van der Waals surface area contributed by atoms with Crippen LogP contribution in [0.3, 0.4) is 0 Å². The van der Waals surface area contributed by atoms with Gasteiger partial charge in [0.05, 0.1) is 6.17 Å². The maximum absolute atomic E-state index is 11.9. The molecule has 1 aromatic rings. The molecule has 0 aliphatic heterocycles. The van der Waals surface area contributed by atoms with E-state index in [2.05, 4.69) is 10.3 Å². The van der Waals surface area contributed by atoms with Gasteiger partial charge < -0.3 is 21.8 Å². The Kier molecular flexibility index (Phi) is 7.47. The Labute approximate surface area is 136 Å². The molecule has 0 aliphatic carbocycles. The average molecular weight is 322 g/mol. The largest absolute Gasteiger partial charge is 0.369 e. The van der Waals surface area contributed by atoms with Gasteiger partial charge in [-0.25, -0.2) is 0 Å². The van der Waals surface area contributed by atoms with E-state index >= 15 is 0 Å². The van der Waals surface area contributed by atoms with E-state index in [0.717, 1.165) is 0 Å². The fourth-order valence-corrected chi connectivity index (χ4v) is 2.32. The summed E-state index contributed by atoms with van der Waals surface area (Å²) in [6.45, 7) is 3.74. The summed E-state index contributed by atoms with van der Waals surface area (Å²) in [6, 6.07) is 3.38. The number of primary amides is 1. The third kappa shape index (κ3) is 6.65. The lowest BCUT2D eigenvalue weighted by molar-refractivity contribution is -0.128. The first-order chi connectivity index (χ1) is 10.8. The highest BCUT2D eigenvalue weighted by Gasteiger charge is 2.22. The minimum atomic E-state index is -0.518. The molecule has 0 fully saturated rings. The molecule has 7 heteroatoms. The molecule has 7 nitrogen and oxygen atoms in total. The maximum Gasteiger partial charge on any atom is 0.268 e. The molecule has 23 heavy (non-hydrogen) atoms. The third-order valence-electron chi connectivity index (χ3n) is 3.75. The quantitative estimate of drug-likeness (QED) is 0.477. The predicted octanol–water partition coefficient (Wildman–Crippen LogP) is 0.916. The number of amides is 2. The highest BCUT2D eigenvalue weighted by atomic mass is 16.2. The molecule has 1 aromatic heterocycles. The molecule has 128 valence electrons. The van der Waals surface area contributed by atoms with Gasteiger partial charge in [0.1, 0.15) is 11.5 Å². The molecule has 0 saturated carbocycles. The van der Waals surface area contributed by atoms with Crippen molar-refractivity contribution in [1.29, 1.82) is 0 Å². The van der Waals surface area contributed by atoms with Gasteiger partial charge >= 0.3 is 0 Å². The molecule has 1 unspecified atom stereocenters. The summed E-state index contributed by atoms with van der Waals surface area (Å²) >= 11 is 0. The lowest BCUT2D eigenvalue weighted by atomic mass is 9.89. The Hall–Kier alpha value is -2.15. The number of rotatable bonds is 10. The van der Waals surface area contributed by atoms with Crippen LogP contribution in [0.4, 0.5) is 0 Å². The van der Waals surface area contributed by atoms with E-state index < -0.39 is 18.0 Å². The summed E-state index contributed by atoms with van der Waals surface area (Å²) in [5.74, 6) is -1.11. The summed E-state index contributed by atoms with van der Waals surface area (Å²) in [4.78, 5) is 37.8. The molecule has 0 spiro atoms. The van der Waals surface area contributed by atoms with Gasteiger partial charge in [-0.2, -0.15) is 0 Å². The van der Waals surface area contributed by atoms with Gasteiger partial charge in [0.15, 0.2) is 0 Å². The molecule has 0 bridgehead atoms. The van der Waals surface area contributed by atoms with Gasteiger partial charge in [-0.1, -0.05) is 13.8 Å². The second kappa shape index (κ2) is 9.09. The molecule has 1 heterocycles. The Morgan fingerprint density at radius 3 is 2.52 bits per heavy atom. The van der Waals surface area contributed by atoms with Gasteiger partial charge in [-0.3, -0.25) is 14.4 Å². The molecule has 2 amide bonds. The number of H-pyrrole nitrogens is 1. The van der Waals surface area contributed by atoms with Crippen molar-refractivity contribution in [1.82, 2.24) is 10.3 Å². The van der Waals surface area contributed by atoms with Gasteiger partial charge in [-0.05, 0) is 30.9 Å². The number of nitrogens with one attached hydrogen (secondary N) is 2. The standard InChI is InChI=1S/C16H26N4O3/c1-10(2)12(15(18)22)9-11(21)5-3-7-14(17)20-16(23)13-6-4-8-19-13/h4,6,8,10,12,14,19H,3,5,7,9,17H2,1-2H3,(H2,18,22)(H,20,23)/t12-,14?/m1/s1. The van der Waals surface area contributed by atoms with Crippen LogP contribution in [-0.4, -0.2) is 28.7 Å². The second-order valence-corrected chi connectivity index (χ2v) is 6.05. The lowest BCUT2D eigenvalue weighted by Gasteiger charge is -2.17. The number of ketones is 1. The van der Waals surface area contributed by atoms with Crippen LogP contribution in [0, 0.1) is 11.8 Å². The van der Waals surface area contributed by atoms with Gasteiger partial charge in [0.25, 0.3) is 5.91 Å². The van der Waals surface area contributed by atoms with Crippen molar-refractivity contribution in [3.05, 3.63) is 24.0 Å². The highest BCUT2D eigenvalue weighted by Crippen LogP contribution is 2.16. The van der Waals surface area contributed by atoms with Crippen LogP contribution in [0.1, 0.15) is 50.0 Å². The third-order valence-corrected chi connectivity index (χ3v) is 3.75. The first kappa shape index (κ1) is 18.9. The summed E-state index contributed by atoms with van der Waals surface area (Å²) in [5.41, 5.74) is 11.6. The molecule has 0 aliphatic rings. The number of nitrogens with two attached hydrogens (primary N) is 2. The monoisotopic (exact) mass is 322 g/mol. The number of aromatic nitrogens is 1. The van der Waals surface area contributed by atoms with Crippen LogP contribution >= 0.6 is 0 Å². The first-order valence-electron chi connectivity index (χ1n) is 7.82. The fraction of sp³-hybridized carbons (Fsp3) is 0.562. The Morgan fingerprint density at radius 1 is 1.30 bits per heavy atom. The SMILES string of the molecule is CC(C)[C@@H](CC(=O)CCCC(N)NC(=O)c1ccc[nH]1)C(N)=O. The van der Waals surface area contributed by atoms with Gasteiger partial charge in [0.2, 0.25) is 5.91 Å².